The molecule has 0 unspecified atom stereocenters. The average molecular weight is 455 g/mol. The molecule has 0 saturated heterocycles. The summed E-state index contributed by atoms with van der Waals surface area (Å²) in [4.78, 5) is 33.6. The van der Waals surface area contributed by atoms with Gasteiger partial charge in [0.25, 0.3) is 0 Å². The van der Waals surface area contributed by atoms with Crippen LogP contribution < -0.4 is 10.6 Å². The lowest BCUT2D eigenvalue weighted by atomic mass is 9.91. The van der Waals surface area contributed by atoms with Gasteiger partial charge < -0.3 is 25.2 Å². The largest absolute Gasteiger partial charge is 0.480 e. The molecule has 8 nitrogen and oxygen atoms in total. The molecule has 2 aliphatic rings. The highest BCUT2D eigenvalue weighted by Crippen LogP contribution is 2.22. The van der Waals surface area contributed by atoms with Crippen molar-refractivity contribution in [3.8, 4) is 0 Å². The number of rotatable bonds is 8. The van der Waals surface area contributed by atoms with E-state index in [-0.39, 0.29) is 6.61 Å². The number of carbonyl (C=O) groups is 3. The first-order valence-electron chi connectivity index (χ1n) is 11.9. The van der Waals surface area contributed by atoms with Gasteiger partial charge in [0.05, 0.1) is 6.42 Å². The predicted molar refractivity (Wildman–Crippen MR) is 123 cm³/mol. The first-order valence-corrected chi connectivity index (χ1v) is 11.9. The number of carboxylic acid groups (broad SMARTS) is 1. The number of carboxylic acids is 1. The summed E-state index contributed by atoms with van der Waals surface area (Å²) in [6.07, 6.45) is 14.5. The van der Waals surface area contributed by atoms with Gasteiger partial charge >= 0.3 is 18.0 Å². The lowest BCUT2D eigenvalue weighted by Crippen LogP contribution is -2.43. The molecule has 0 radical (unpaired) electrons. The Morgan fingerprint density at radius 2 is 1.50 bits per heavy atom. The van der Waals surface area contributed by atoms with Crippen LogP contribution in [0, 0.1) is 0 Å². The molecule has 0 bridgehead atoms. The van der Waals surface area contributed by atoms with Crippen molar-refractivity contribution in [2.45, 2.75) is 115 Å². The highest BCUT2D eigenvalue weighted by Gasteiger charge is 2.27. The number of alkyl carbamates (subject to hydrolysis) is 1. The van der Waals surface area contributed by atoms with Crippen molar-refractivity contribution in [2.75, 3.05) is 6.61 Å². The van der Waals surface area contributed by atoms with E-state index in [4.69, 9.17) is 9.84 Å². The Morgan fingerprint density at radius 3 is 1.91 bits per heavy atom. The maximum atomic E-state index is 11.5. The van der Waals surface area contributed by atoms with Gasteiger partial charge in [-0.15, -0.1) is 0 Å². The van der Waals surface area contributed by atoms with Crippen molar-refractivity contribution in [1.29, 1.82) is 0 Å². The highest BCUT2D eigenvalue weighted by molar-refractivity contribution is 5.85. The maximum Gasteiger partial charge on any atom is 0.408 e. The molecule has 0 aromatic heterocycles. The lowest BCUT2D eigenvalue weighted by molar-refractivity contribution is -0.158. The smallest absolute Gasteiger partial charge is 0.408 e. The summed E-state index contributed by atoms with van der Waals surface area (Å²) in [7, 11) is 0. The number of amides is 1. The molecule has 0 spiro atoms. The Morgan fingerprint density at radius 1 is 1.00 bits per heavy atom. The fraction of sp³-hybridized carbons (Fsp3) is 0.792. The van der Waals surface area contributed by atoms with E-state index >= 15 is 0 Å². The Hall–Kier alpha value is -2.09. The van der Waals surface area contributed by atoms with Crippen molar-refractivity contribution < 1.29 is 29.0 Å². The maximum absolute atomic E-state index is 11.5. The number of carbonyl (C=O) groups excluding carboxylic acids is 2. The van der Waals surface area contributed by atoms with Gasteiger partial charge in [0, 0.05) is 12.1 Å². The standard InChI is InChI=1S/C12H19NO6.C12H23N/c1-5-6-18-11(17)13-8(10(15)16)7-9(14)19-12(2,3)4;1-3-7-11(8-4-1)13-12-9-5-2-6-10-12/h5,8H,1,6-7H2,2-4H3,(H,13,17)(H,15,16);11-13H,1-10H2/t8-;/m0./s1. The van der Waals surface area contributed by atoms with Crippen LogP contribution in [0.5, 0.6) is 0 Å². The normalized spacial score (nSPS) is 18.5. The van der Waals surface area contributed by atoms with E-state index in [1.807, 2.05) is 0 Å². The summed E-state index contributed by atoms with van der Waals surface area (Å²) in [6.45, 7) is 8.27. The van der Waals surface area contributed by atoms with Crippen LogP contribution in [-0.4, -0.2) is 53.5 Å². The molecule has 0 aromatic carbocycles. The Bertz CT molecular complexity index is 574. The molecule has 1 amide bonds. The van der Waals surface area contributed by atoms with Crippen LogP contribution in [-0.2, 0) is 19.1 Å². The summed E-state index contributed by atoms with van der Waals surface area (Å²) < 4.78 is 9.54. The molecule has 2 rings (SSSR count). The van der Waals surface area contributed by atoms with Crippen LogP contribution in [0.4, 0.5) is 4.79 Å². The molecule has 32 heavy (non-hydrogen) atoms. The van der Waals surface area contributed by atoms with E-state index in [2.05, 4.69) is 21.9 Å². The molecule has 0 aliphatic heterocycles. The second kappa shape index (κ2) is 14.9. The van der Waals surface area contributed by atoms with Crippen molar-refractivity contribution in [1.82, 2.24) is 10.6 Å². The Kier molecular flexibility index (Phi) is 13.0. The van der Waals surface area contributed by atoms with E-state index in [0.717, 1.165) is 12.1 Å². The lowest BCUT2D eigenvalue weighted by Gasteiger charge is -2.30. The quantitative estimate of drug-likeness (QED) is 0.369. The average Bonchev–Trinajstić information content (AvgIpc) is 2.72. The third-order valence-corrected chi connectivity index (χ3v) is 5.40. The number of hydrogen-bond donors (Lipinski definition) is 3. The number of hydrogen-bond acceptors (Lipinski definition) is 6. The number of ether oxygens (including phenoxy) is 2. The van der Waals surface area contributed by atoms with Gasteiger partial charge in [0.15, 0.2) is 0 Å². The van der Waals surface area contributed by atoms with Crippen LogP contribution in [0.25, 0.3) is 0 Å². The molecule has 184 valence electrons. The topological polar surface area (TPSA) is 114 Å². The van der Waals surface area contributed by atoms with Crippen molar-refractivity contribution in [3.63, 3.8) is 0 Å². The number of nitrogens with one attached hydrogen (secondary N) is 2. The van der Waals surface area contributed by atoms with Crippen LogP contribution in [0.3, 0.4) is 0 Å². The Balaban J connectivity index is 0.000000339. The molecule has 2 saturated carbocycles. The van der Waals surface area contributed by atoms with Crippen molar-refractivity contribution in [3.05, 3.63) is 12.7 Å². The second-order valence-electron chi connectivity index (χ2n) is 9.55. The van der Waals surface area contributed by atoms with Crippen molar-refractivity contribution >= 4 is 18.0 Å². The minimum Gasteiger partial charge on any atom is -0.480 e. The molecule has 8 heteroatoms. The molecule has 0 heterocycles. The molecule has 2 fully saturated rings. The number of esters is 1. The third kappa shape index (κ3) is 13.3. The fourth-order valence-electron chi connectivity index (χ4n) is 3.94. The summed E-state index contributed by atoms with van der Waals surface area (Å²) in [6, 6.07) is 0.348. The zero-order chi connectivity index (χ0) is 24.0. The zero-order valence-electron chi connectivity index (χ0n) is 20.0. The molecule has 1 atom stereocenters. The minimum absolute atomic E-state index is 0.0510. The summed E-state index contributed by atoms with van der Waals surface area (Å²) in [5, 5.41) is 14.8. The molecule has 0 aromatic rings. The summed E-state index contributed by atoms with van der Waals surface area (Å²) >= 11 is 0. The molecule has 2 aliphatic carbocycles. The van der Waals surface area contributed by atoms with Gasteiger partial charge in [-0.3, -0.25) is 4.79 Å². The van der Waals surface area contributed by atoms with Gasteiger partial charge in [-0.05, 0) is 46.5 Å². The molecular weight excluding hydrogens is 412 g/mol. The van der Waals surface area contributed by atoms with E-state index in [9.17, 15) is 14.4 Å². The van der Waals surface area contributed by atoms with Gasteiger partial charge in [0.2, 0.25) is 0 Å². The first kappa shape index (κ1) is 27.9. The summed E-state index contributed by atoms with van der Waals surface area (Å²) in [5.41, 5.74) is -0.719. The van der Waals surface area contributed by atoms with Crippen LogP contribution in [0.1, 0.15) is 91.4 Å². The van der Waals surface area contributed by atoms with Crippen molar-refractivity contribution in [2.24, 2.45) is 0 Å². The molecular formula is C24H42N2O6. The van der Waals surface area contributed by atoms with Gasteiger partial charge in [0.1, 0.15) is 18.2 Å². The van der Waals surface area contributed by atoms with E-state index in [0.29, 0.717) is 0 Å². The molecule has 3 N–H and O–H groups in total. The monoisotopic (exact) mass is 454 g/mol. The van der Waals surface area contributed by atoms with Gasteiger partial charge in [-0.25, -0.2) is 9.59 Å². The number of aliphatic carboxylic acids is 1. The van der Waals surface area contributed by atoms with E-state index in [1.54, 1.807) is 20.8 Å². The third-order valence-electron chi connectivity index (χ3n) is 5.40. The zero-order valence-corrected chi connectivity index (χ0v) is 20.0. The predicted octanol–water partition coefficient (Wildman–Crippen LogP) is 4.33. The van der Waals surface area contributed by atoms with Gasteiger partial charge in [-0.1, -0.05) is 51.2 Å². The minimum atomic E-state index is -1.40. The Labute approximate surface area is 192 Å². The fourth-order valence-corrected chi connectivity index (χ4v) is 3.94. The van der Waals surface area contributed by atoms with E-state index < -0.39 is 36.1 Å². The summed E-state index contributed by atoms with van der Waals surface area (Å²) in [5.74, 6) is -2.06. The van der Waals surface area contributed by atoms with Crippen LogP contribution >= 0.6 is 0 Å². The van der Waals surface area contributed by atoms with Crippen LogP contribution in [0.2, 0.25) is 0 Å². The second-order valence-corrected chi connectivity index (χ2v) is 9.55. The van der Waals surface area contributed by atoms with Gasteiger partial charge in [-0.2, -0.15) is 0 Å². The van der Waals surface area contributed by atoms with E-state index in [1.165, 1.54) is 70.3 Å². The first-order chi connectivity index (χ1) is 15.1. The van der Waals surface area contributed by atoms with Crippen LogP contribution in [0.15, 0.2) is 12.7 Å². The SMILES string of the molecule is C1CCC(NC2CCCCC2)CC1.C=CCOC(=O)N[C@@H](CC(=O)OC(C)(C)C)C(=O)O. The highest BCUT2D eigenvalue weighted by atomic mass is 16.6.